The highest BCUT2D eigenvalue weighted by Gasteiger charge is 2.16. The summed E-state index contributed by atoms with van der Waals surface area (Å²) in [4.78, 5) is 11.1. The molecule has 0 saturated heterocycles. The maximum Gasteiger partial charge on any atom is 0.356 e. The molecule has 1 N–H and O–H groups in total. The number of rotatable bonds is 4. The molecule has 1 aromatic heterocycles. The Morgan fingerprint density at radius 1 is 1.42 bits per heavy atom. The largest absolute Gasteiger partial charge is 0.476 e. The predicted octanol–water partition coefficient (Wildman–Crippen LogP) is 3.42. The molecule has 2 rings (SSSR count). The van der Waals surface area contributed by atoms with Crippen LogP contribution in [0.3, 0.4) is 0 Å². The number of aromatic nitrogens is 2. The van der Waals surface area contributed by atoms with E-state index < -0.39 is 5.97 Å². The van der Waals surface area contributed by atoms with Crippen molar-refractivity contribution >= 4 is 17.6 Å². The zero-order valence-corrected chi connectivity index (χ0v) is 11.6. The first-order chi connectivity index (χ1) is 8.99. The summed E-state index contributed by atoms with van der Waals surface area (Å²) < 4.78 is 1.62. The van der Waals surface area contributed by atoms with Crippen molar-refractivity contribution in [2.45, 2.75) is 20.3 Å². The summed E-state index contributed by atoms with van der Waals surface area (Å²) in [7, 11) is 0. The lowest BCUT2D eigenvalue weighted by Gasteiger charge is -2.10. The van der Waals surface area contributed by atoms with E-state index in [0.29, 0.717) is 16.6 Å². The van der Waals surface area contributed by atoms with Gasteiger partial charge >= 0.3 is 5.97 Å². The number of nitrogens with zero attached hydrogens (tertiary/aromatic N) is 2. The first-order valence-electron chi connectivity index (χ1n) is 6.06. The van der Waals surface area contributed by atoms with Crippen LogP contribution >= 0.6 is 11.6 Å². The molecule has 0 bridgehead atoms. The zero-order valence-electron chi connectivity index (χ0n) is 10.8. The van der Waals surface area contributed by atoms with Crippen LogP contribution in [0.1, 0.15) is 30.0 Å². The van der Waals surface area contributed by atoms with E-state index in [2.05, 4.69) is 18.9 Å². The molecule has 0 unspecified atom stereocenters. The molecule has 0 amide bonds. The molecule has 4 nitrogen and oxygen atoms in total. The number of hydrogen-bond acceptors (Lipinski definition) is 2. The van der Waals surface area contributed by atoms with E-state index in [1.54, 1.807) is 16.8 Å². The Kier molecular flexibility index (Phi) is 3.90. The van der Waals surface area contributed by atoms with Gasteiger partial charge in [-0.3, -0.25) is 0 Å². The summed E-state index contributed by atoms with van der Waals surface area (Å²) in [5.74, 6) is -0.629. The van der Waals surface area contributed by atoms with Crippen LogP contribution in [0.4, 0.5) is 0 Å². The molecule has 0 aliphatic rings. The Morgan fingerprint density at radius 2 is 2.11 bits per heavy atom. The van der Waals surface area contributed by atoms with Crippen molar-refractivity contribution in [2.24, 2.45) is 5.92 Å². The van der Waals surface area contributed by atoms with Gasteiger partial charge in [-0.1, -0.05) is 37.6 Å². The van der Waals surface area contributed by atoms with Gasteiger partial charge in [-0.15, -0.1) is 0 Å². The van der Waals surface area contributed by atoms with Crippen molar-refractivity contribution in [3.8, 4) is 5.69 Å². The van der Waals surface area contributed by atoms with Crippen molar-refractivity contribution in [3.05, 3.63) is 46.7 Å². The minimum atomic E-state index is -1.03. The predicted molar refractivity (Wildman–Crippen MR) is 74.1 cm³/mol. The molecule has 2 aromatic rings. The van der Waals surface area contributed by atoms with Gasteiger partial charge in [0.05, 0.1) is 10.7 Å². The third-order valence-corrected chi connectivity index (χ3v) is 3.02. The van der Waals surface area contributed by atoms with Crippen molar-refractivity contribution in [1.82, 2.24) is 9.78 Å². The van der Waals surface area contributed by atoms with Gasteiger partial charge in [-0.05, 0) is 30.5 Å². The minimum Gasteiger partial charge on any atom is -0.476 e. The topological polar surface area (TPSA) is 55.1 Å². The monoisotopic (exact) mass is 278 g/mol. The van der Waals surface area contributed by atoms with E-state index >= 15 is 0 Å². The maximum absolute atomic E-state index is 11.1. The lowest BCUT2D eigenvalue weighted by Crippen LogP contribution is -2.06. The van der Waals surface area contributed by atoms with Crippen LogP contribution in [0.25, 0.3) is 5.69 Å². The van der Waals surface area contributed by atoms with E-state index in [4.69, 9.17) is 16.7 Å². The highest BCUT2D eigenvalue weighted by Crippen LogP contribution is 2.23. The number of carboxylic acid groups (broad SMARTS) is 1. The molecule has 0 radical (unpaired) electrons. The van der Waals surface area contributed by atoms with Crippen molar-refractivity contribution < 1.29 is 9.90 Å². The SMILES string of the molecule is CC(C)Cc1cc(C(=O)O)nn1-c1ccccc1Cl. The Balaban J connectivity index is 2.54. The summed E-state index contributed by atoms with van der Waals surface area (Å²) >= 11 is 6.15. The molecule has 0 atom stereocenters. The average molecular weight is 279 g/mol. The van der Waals surface area contributed by atoms with Gasteiger partial charge in [0.25, 0.3) is 0 Å². The summed E-state index contributed by atoms with van der Waals surface area (Å²) in [5, 5.41) is 13.7. The number of benzene rings is 1. The Bertz CT molecular complexity index is 605. The average Bonchev–Trinajstić information content (AvgIpc) is 2.73. The number of carboxylic acids is 1. The van der Waals surface area contributed by atoms with Crippen molar-refractivity contribution in [1.29, 1.82) is 0 Å². The van der Waals surface area contributed by atoms with Crippen LogP contribution in [-0.4, -0.2) is 20.9 Å². The van der Waals surface area contributed by atoms with E-state index in [0.717, 1.165) is 12.1 Å². The number of aromatic carboxylic acids is 1. The molecule has 0 aliphatic carbocycles. The fourth-order valence-corrected chi connectivity index (χ4v) is 2.14. The van der Waals surface area contributed by atoms with Crippen LogP contribution in [0, 0.1) is 5.92 Å². The lowest BCUT2D eigenvalue weighted by molar-refractivity contribution is 0.0690. The number of hydrogen-bond donors (Lipinski definition) is 1. The highest BCUT2D eigenvalue weighted by molar-refractivity contribution is 6.32. The summed E-state index contributed by atoms with van der Waals surface area (Å²) in [6.07, 6.45) is 0.742. The standard InChI is InChI=1S/C14H15ClN2O2/c1-9(2)7-10-8-12(14(18)19)16-17(10)13-6-4-3-5-11(13)15/h3-6,8-9H,7H2,1-2H3,(H,18,19). The summed E-state index contributed by atoms with van der Waals surface area (Å²) in [5.41, 5.74) is 1.59. The number of carbonyl (C=O) groups is 1. The molecule has 100 valence electrons. The highest BCUT2D eigenvalue weighted by atomic mass is 35.5. The Labute approximate surface area is 116 Å². The van der Waals surface area contributed by atoms with Crippen molar-refractivity contribution in [2.75, 3.05) is 0 Å². The summed E-state index contributed by atoms with van der Waals surface area (Å²) in [6.45, 7) is 4.15. The molecule has 0 spiro atoms. The fraction of sp³-hybridized carbons (Fsp3) is 0.286. The summed E-state index contributed by atoms with van der Waals surface area (Å²) in [6, 6.07) is 8.87. The van der Waals surface area contributed by atoms with Gasteiger partial charge in [0, 0.05) is 5.69 Å². The van der Waals surface area contributed by atoms with Crippen molar-refractivity contribution in [3.63, 3.8) is 0 Å². The third-order valence-electron chi connectivity index (χ3n) is 2.70. The quantitative estimate of drug-likeness (QED) is 0.932. The van der Waals surface area contributed by atoms with E-state index in [9.17, 15) is 4.79 Å². The molecule has 0 saturated carbocycles. The second-order valence-corrected chi connectivity index (χ2v) is 5.19. The van der Waals surface area contributed by atoms with Gasteiger partial charge < -0.3 is 5.11 Å². The Morgan fingerprint density at radius 3 is 2.68 bits per heavy atom. The van der Waals surface area contributed by atoms with Gasteiger partial charge in [0.2, 0.25) is 0 Å². The normalized spacial score (nSPS) is 10.9. The number of halogens is 1. The maximum atomic E-state index is 11.1. The third kappa shape index (κ3) is 2.96. The van der Waals surface area contributed by atoms with Gasteiger partial charge in [0.15, 0.2) is 5.69 Å². The minimum absolute atomic E-state index is 0.0376. The molecule has 5 heteroatoms. The molecule has 1 aromatic carbocycles. The Hall–Kier alpha value is -1.81. The smallest absolute Gasteiger partial charge is 0.356 e. The lowest BCUT2D eigenvalue weighted by atomic mass is 10.1. The first kappa shape index (κ1) is 13.6. The second kappa shape index (κ2) is 5.45. The van der Waals surface area contributed by atoms with Gasteiger partial charge in [-0.25, -0.2) is 9.48 Å². The van der Waals surface area contributed by atoms with Crippen LogP contribution < -0.4 is 0 Å². The molecule has 19 heavy (non-hydrogen) atoms. The second-order valence-electron chi connectivity index (χ2n) is 4.79. The molecule has 0 aliphatic heterocycles. The van der Waals surface area contributed by atoms with E-state index in [1.165, 1.54) is 0 Å². The van der Waals surface area contributed by atoms with E-state index in [-0.39, 0.29) is 5.69 Å². The molecule has 0 fully saturated rings. The van der Waals surface area contributed by atoms with Gasteiger partial charge in [0.1, 0.15) is 0 Å². The zero-order chi connectivity index (χ0) is 14.0. The van der Waals surface area contributed by atoms with Crippen LogP contribution in [-0.2, 0) is 6.42 Å². The van der Waals surface area contributed by atoms with E-state index in [1.807, 2.05) is 18.2 Å². The van der Waals surface area contributed by atoms with Crippen LogP contribution in [0.2, 0.25) is 5.02 Å². The molecular formula is C14H15ClN2O2. The molecule has 1 heterocycles. The number of para-hydroxylation sites is 1. The van der Waals surface area contributed by atoms with Crippen LogP contribution in [0.15, 0.2) is 30.3 Å². The van der Waals surface area contributed by atoms with Crippen LogP contribution in [0.5, 0.6) is 0 Å². The van der Waals surface area contributed by atoms with Gasteiger partial charge in [-0.2, -0.15) is 5.10 Å². The molecular weight excluding hydrogens is 264 g/mol. The first-order valence-corrected chi connectivity index (χ1v) is 6.44. The fourth-order valence-electron chi connectivity index (χ4n) is 1.92.